The minimum Gasteiger partial charge on any atom is -0.396 e. The van der Waals surface area contributed by atoms with E-state index in [1.165, 1.54) is 47.9 Å². The first-order chi connectivity index (χ1) is 15.2. The summed E-state index contributed by atoms with van der Waals surface area (Å²) >= 11 is 0. The fourth-order valence-electron chi connectivity index (χ4n) is 5.15. The number of aliphatic hydroxyl groups is 1. The van der Waals surface area contributed by atoms with Gasteiger partial charge in [0.1, 0.15) is 0 Å². The van der Waals surface area contributed by atoms with Crippen LogP contribution >= 0.6 is 0 Å². The highest BCUT2D eigenvalue weighted by atomic mass is 16.2. The summed E-state index contributed by atoms with van der Waals surface area (Å²) in [5.41, 5.74) is 5.22. The number of unbranched alkanes of at least 4 members (excludes halogenated alkanes) is 4. The zero-order chi connectivity index (χ0) is 21.9. The van der Waals surface area contributed by atoms with Crippen LogP contribution in [-0.4, -0.2) is 11.7 Å². The lowest BCUT2D eigenvalue weighted by atomic mass is 9.66. The quantitative estimate of drug-likeness (QED) is 0.379. The molecule has 1 fully saturated rings. The summed E-state index contributed by atoms with van der Waals surface area (Å²) in [6, 6.07) is 20.8. The first kappa shape index (κ1) is 23.6. The van der Waals surface area contributed by atoms with E-state index in [0.717, 1.165) is 51.4 Å². The Morgan fingerprint density at radius 3 is 2.26 bits per heavy atom. The monoisotopic (exact) mass is 417 g/mol. The van der Waals surface area contributed by atoms with Gasteiger partial charge in [-0.3, -0.25) is 0 Å². The van der Waals surface area contributed by atoms with E-state index < -0.39 is 0 Å². The Balaban J connectivity index is 1.61. The number of hydrogen-bond donors (Lipinski definition) is 1. The van der Waals surface area contributed by atoms with Gasteiger partial charge < -0.3 is 5.11 Å². The van der Waals surface area contributed by atoms with Gasteiger partial charge in [-0.25, -0.2) is 0 Å². The highest BCUT2D eigenvalue weighted by Crippen LogP contribution is 2.46. The Bertz CT molecular complexity index is 817. The van der Waals surface area contributed by atoms with Crippen LogP contribution in [0.25, 0.3) is 11.1 Å². The van der Waals surface area contributed by atoms with E-state index in [0.29, 0.717) is 5.92 Å². The predicted molar refractivity (Wildman–Crippen MR) is 130 cm³/mol. The number of rotatable bonds is 11. The van der Waals surface area contributed by atoms with Crippen LogP contribution in [0, 0.1) is 16.7 Å². The predicted octanol–water partition coefficient (Wildman–Crippen LogP) is 7.81. The third-order valence-corrected chi connectivity index (χ3v) is 7.13. The van der Waals surface area contributed by atoms with Crippen LogP contribution in [0.1, 0.15) is 94.6 Å². The highest BCUT2D eigenvalue weighted by molar-refractivity contribution is 5.64. The summed E-state index contributed by atoms with van der Waals surface area (Å²) in [7, 11) is 0. The number of aliphatic hydroxyl groups excluding tert-OH is 1. The van der Waals surface area contributed by atoms with Gasteiger partial charge in [-0.1, -0.05) is 87.6 Å². The summed E-state index contributed by atoms with van der Waals surface area (Å²) in [6.45, 7) is 2.52. The minimum absolute atomic E-state index is 0.158. The molecule has 1 aliphatic rings. The molecule has 1 N–H and O–H groups in total. The van der Waals surface area contributed by atoms with Gasteiger partial charge in [0.25, 0.3) is 0 Å². The minimum atomic E-state index is -0.158. The van der Waals surface area contributed by atoms with Crippen molar-refractivity contribution in [3.63, 3.8) is 0 Å². The lowest BCUT2D eigenvalue weighted by molar-refractivity contribution is 0.216. The number of nitrogens with zero attached hydrogens (tertiary/aromatic N) is 1. The van der Waals surface area contributed by atoms with Gasteiger partial charge in [0.2, 0.25) is 0 Å². The van der Waals surface area contributed by atoms with Crippen molar-refractivity contribution in [3.8, 4) is 17.2 Å². The van der Waals surface area contributed by atoms with Crippen LogP contribution in [0.4, 0.5) is 0 Å². The van der Waals surface area contributed by atoms with Gasteiger partial charge in [-0.15, -0.1) is 0 Å². The fourth-order valence-corrected chi connectivity index (χ4v) is 5.15. The van der Waals surface area contributed by atoms with E-state index in [-0.39, 0.29) is 12.0 Å². The van der Waals surface area contributed by atoms with Crippen LogP contribution in [0.3, 0.4) is 0 Å². The molecule has 0 saturated heterocycles. The van der Waals surface area contributed by atoms with Crippen molar-refractivity contribution in [2.24, 2.45) is 5.41 Å². The maximum absolute atomic E-state index is 9.99. The van der Waals surface area contributed by atoms with Crippen molar-refractivity contribution in [2.75, 3.05) is 6.61 Å². The topological polar surface area (TPSA) is 44.0 Å². The van der Waals surface area contributed by atoms with Gasteiger partial charge in [0, 0.05) is 6.61 Å². The van der Waals surface area contributed by atoms with E-state index in [2.05, 4.69) is 61.5 Å². The second-order valence-electron chi connectivity index (χ2n) is 9.50. The van der Waals surface area contributed by atoms with Crippen LogP contribution in [0.5, 0.6) is 0 Å². The Kier molecular flexibility index (Phi) is 9.16. The smallest absolute Gasteiger partial charge is 0.0689 e. The van der Waals surface area contributed by atoms with Gasteiger partial charge in [-0.05, 0) is 73.1 Å². The molecular formula is C29H39NO. The normalized spacial score (nSPS) is 21.0. The van der Waals surface area contributed by atoms with Crippen molar-refractivity contribution < 1.29 is 5.11 Å². The molecule has 2 atom stereocenters. The van der Waals surface area contributed by atoms with Gasteiger partial charge >= 0.3 is 0 Å². The molecule has 2 aromatic rings. The molecule has 0 aromatic heterocycles. The van der Waals surface area contributed by atoms with Gasteiger partial charge in [0.15, 0.2) is 0 Å². The van der Waals surface area contributed by atoms with Crippen LogP contribution in [-0.2, 0) is 6.42 Å². The summed E-state index contributed by atoms with van der Waals surface area (Å²) < 4.78 is 0. The van der Waals surface area contributed by atoms with Crippen LogP contribution in [0.15, 0.2) is 48.5 Å². The molecule has 2 heteroatoms. The Labute approximate surface area is 189 Å². The molecule has 0 aliphatic heterocycles. The first-order valence-electron chi connectivity index (χ1n) is 12.4. The molecule has 166 valence electrons. The average molecular weight is 418 g/mol. The van der Waals surface area contributed by atoms with Gasteiger partial charge in [-0.2, -0.15) is 5.26 Å². The number of benzene rings is 2. The molecule has 0 heterocycles. The largest absolute Gasteiger partial charge is 0.396 e. The molecule has 1 aliphatic carbocycles. The van der Waals surface area contributed by atoms with Crippen molar-refractivity contribution >= 4 is 0 Å². The molecule has 3 rings (SSSR count). The Hall–Kier alpha value is -2.11. The zero-order valence-electron chi connectivity index (χ0n) is 19.3. The van der Waals surface area contributed by atoms with E-state index >= 15 is 0 Å². The van der Waals surface area contributed by atoms with E-state index in [4.69, 9.17) is 5.11 Å². The second kappa shape index (κ2) is 12.1. The molecule has 2 nitrogen and oxygen atoms in total. The molecule has 0 amide bonds. The summed E-state index contributed by atoms with van der Waals surface area (Å²) in [4.78, 5) is 0. The standard InChI is InChI=1S/C29H39NO/c1-2-3-9-24-11-13-25(14-12-24)26-15-17-27(18-16-26)28-10-8-20-29(22-28,23-30)19-6-4-5-7-21-31/h11-18,28,31H,2-10,19-22H2,1H3. The first-order valence-corrected chi connectivity index (χ1v) is 12.4. The summed E-state index contributed by atoms with van der Waals surface area (Å²) in [5, 5.41) is 18.9. The maximum atomic E-state index is 9.99. The van der Waals surface area contributed by atoms with Crippen molar-refractivity contribution in [3.05, 3.63) is 59.7 Å². The number of nitriles is 1. The molecule has 1 saturated carbocycles. The number of hydrogen-bond acceptors (Lipinski definition) is 2. The van der Waals surface area contributed by atoms with Crippen LogP contribution in [0.2, 0.25) is 0 Å². The lowest BCUT2D eigenvalue weighted by Gasteiger charge is -2.36. The average Bonchev–Trinajstić information content (AvgIpc) is 2.83. The Morgan fingerprint density at radius 2 is 1.61 bits per heavy atom. The highest BCUT2D eigenvalue weighted by Gasteiger charge is 2.36. The Morgan fingerprint density at radius 1 is 0.935 bits per heavy atom. The summed E-state index contributed by atoms with van der Waals surface area (Å²) in [6.07, 6.45) is 13.2. The molecule has 2 aromatic carbocycles. The third-order valence-electron chi connectivity index (χ3n) is 7.13. The molecular weight excluding hydrogens is 378 g/mol. The third kappa shape index (κ3) is 6.68. The molecule has 0 bridgehead atoms. The molecule has 0 spiro atoms. The SMILES string of the molecule is CCCCc1ccc(-c2ccc(C3CCCC(C#N)(CCCCCCO)C3)cc2)cc1. The van der Waals surface area contributed by atoms with E-state index in [9.17, 15) is 5.26 Å². The lowest BCUT2D eigenvalue weighted by Crippen LogP contribution is -2.26. The van der Waals surface area contributed by atoms with E-state index in [1.807, 2.05) is 0 Å². The molecule has 0 radical (unpaired) electrons. The van der Waals surface area contributed by atoms with Crippen molar-refractivity contribution in [1.82, 2.24) is 0 Å². The van der Waals surface area contributed by atoms with Crippen molar-refractivity contribution in [1.29, 1.82) is 5.26 Å². The van der Waals surface area contributed by atoms with E-state index in [1.54, 1.807) is 0 Å². The van der Waals surface area contributed by atoms with Gasteiger partial charge in [0.05, 0.1) is 11.5 Å². The number of aryl methyl sites for hydroxylation is 1. The zero-order valence-corrected chi connectivity index (χ0v) is 19.3. The van der Waals surface area contributed by atoms with Crippen LogP contribution < -0.4 is 0 Å². The molecule has 31 heavy (non-hydrogen) atoms. The second-order valence-corrected chi connectivity index (χ2v) is 9.50. The summed E-state index contributed by atoms with van der Waals surface area (Å²) in [5.74, 6) is 0.497. The van der Waals surface area contributed by atoms with Crippen molar-refractivity contribution in [2.45, 2.75) is 89.9 Å². The maximum Gasteiger partial charge on any atom is 0.0689 e. The fraction of sp³-hybridized carbons (Fsp3) is 0.552. The molecule has 2 unspecified atom stereocenters.